The highest BCUT2D eigenvalue weighted by Crippen LogP contribution is 2.37. The molecule has 1 unspecified atom stereocenters. The Morgan fingerprint density at radius 2 is 1.42 bits per heavy atom. The number of hydrogen-bond acceptors (Lipinski definition) is 5. The smallest absolute Gasteiger partial charge is 0.311 e. The van der Waals surface area contributed by atoms with E-state index in [1.165, 1.54) is 0 Å². The third kappa shape index (κ3) is 5.05. The molecule has 7 heteroatoms. The molecule has 2 aliphatic rings. The molecule has 2 heterocycles. The van der Waals surface area contributed by atoms with Gasteiger partial charge in [0.2, 0.25) is 0 Å². The van der Waals surface area contributed by atoms with Gasteiger partial charge in [-0.05, 0) is 61.1 Å². The van der Waals surface area contributed by atoms with Gasteiger partial charge in [-0.15, -0.1) is 0 Å². The topological polar surface area (TPSA) is 93.7 Å². The first-order valence-electron chi connectivity index (χ1n) is 12.3. The highest BCUT2D eigenvalue weighted by atomic mass is 16.6. The van der Waals surface area contributed by atoms with Crippen molar-refractivity contribution in [2.45, 2.75) is 40.5 Å². The summed E-state index contributed by atoms with van der Waals surface area (Å²) in [5, 5.41) is 5.68. The standard InChI is InChI=1S/C29H32N2O5/c1-5-29(4,17-18(2)3)28(34)36-16-15-35-21-13-11-20(12-14-21)25-23-22(26(32)31-25)24(30-27(23)33)19-9-7-6-8-10-19/h6-14,18H,5,15-17H2,1-4H3,(H,30,33)(H,31,32). The first-order chi connectivity index (χ1) is 17.2. The molecule has 0 aliphatic carbocycles. The lowest BCUT2D eigenvalue weighted by atomic mass is 9.80. The van der Waals surface area contributed by atoms with Crippen LogP contribution in [0, 0.1) is 11.3 Å². The monoisotopic (exact) mass is 488 g/mol. The van der Waals surface area contributed by atoms with Gasteiger partial charge in [0, 0.05) is 0 Å². The summed E-state index contributed by atoms with van der Waals surface area (Å²) in [5.41, 5.74) is 2.69. The van der Waals surface area contributed by atoms with Crippen LogP contribution in [0.4, 0.5) is 0 Å². The minimum Gasteiger partial charge on any atom is -0.490 e. The Balaban J connectivity index is 1.41. The van der Waals surface area contributed by atoms with E-state index in [4.69, 9.17) is 9.47 Å². The van der Waals surface area contributed by atoms with Crippen LogP contribution < -0.4 is 15.4 Å². The van der Waals surface area contributed by atoms with Gasteiger partial charge in [0.05, 0.1) is 28.0 Å². The maximum absolute atomic E-state index is 12.7. The van der Waals surface area contributed by atoms with Crippen LogP contribution in [0.2, 0.25) is 0 Å². The van der Waals surface area contributed by atoms with Crippen LogP contribution in [0.15, 0.2) is 65.7 Å². The first-order valence-corrected chi connectivity index (χ1v) is 12.3. The summed E-state index contributed by atoms with van der Waals surface area (Å²) in [6.07, 6.45) is 1.50. The number of hydrogen-bond donors (Lipinski definition) is 2. The Kier molecular flexibility index (Phi) is 7.29. The molecule has 2 aromatic rings. The molecular formula is C29H32N2O5. The van der Waals surface area contributed by atoms with E-state index in [0.717, 1.165) is 18.4 Å². The molecule has 0 aromatic heterocycles. The molecule has 0 spiro atoms. The van der Waals surface area contributed by atoms with Crippen molar-refractivity contribution in [2.75, 3.05) is 13.2 Å². The quantitative estimate of drug-likeness (QED) is 0.381. The number of carbonyl (C=O) groups is 3. The Bertz CT molecular complexity index is 1230. The van der Waals surface area contributed by atoms with Crippen molar-refractivity contribution < 1.29 is 23.9 Å². The molecule has 2 N–H and O–H groups in total. The van der Waals surface area contributed by atoms with Crippen molar-refractivity contribution in [3.05, 3.63) is 76.9 Å². The van der Waals surface area contributed by atoms with Gasteiger partial charge in [-0.3, -0.25) is 14.4 Å². The van der Waals surface area contributed by atoms with Crippen LogP contribution in [0.5, 0.6) is 5.75 Å². The Morgan fingerprint density at radius 3 is 1.94 bits per heavy atom. The van der Waals surface area contributed by atoms with Crippen molar-refractivity contribution in [3.8, 4) is 5.75 Å². The van der Waals surface area contributed by atoms with E-state index in [-0.39, 0.29) is 31.0 Å². The number of rotatable bonds is 10. The minimum atomic E-state index is -0.489. The fraction of sp³-hybridized carbons (Fsp3) is 0.345. The third-order valence-electron chi connectivity index (χ3n) is 6.60. The maximum Gasteiger partial charge on any atom is 0.311 e. The van der Waals surface area contributed by atoms with Gasteiger partial charge in [-0.2, -0.15) is 0 Å². The van der Waals surface area contributed by atoms with Gasteiger partial charge in [-0.25, -0.2) is 0 Å². The molecule has 0 saturated heterocycles. The number of fused-ring (bicyclic) bond motifs is 1. The molecule has 2 aromatic carbocycles. The predicted molar refractivity (Wildman–Crippen MR) is 137 cm³/mol. The van der Waals surface area contributed by atoms with E-state index in [1.807, 2.05) is 44.2 Å². The van der Waals surface area contributed by atoms with Crippen LogP contribution in [0.1, 0.15) is 51.7 Å². The van der Waals surface area contributed by atoms with Gasteiger partial charge < -0.3 is 20.1 Å². The summed E-state index contributed by atoms with van der Waals surface area (Å²) in [6, 6.07) is 16.4. The van der Waals surface area contributed by atoms with Crippen molar-refractivity contribution in [1.29, 1.82) is 0 Å². The van der Waals surface area contributed by atoms with E-state index in [9.17, 15) is 14.4 Å². The number of carbonyl (C=O) groups excluding carboxylic acids is 3. The molecular weight excluding hydrogens is 456 g/mol. The lowest BCUT2D eigenvalue weighted by Gasteiger charge is -2.27. The number of nitrogens with one attached hydrogen (secondary N) is 2. The molecule has 0 bridgehead atoms. The zero-order valence-corrected chi connectivity index (χ0v) is 21.1. The number of esters is 1. The molecule has 1 atom stereocenters. The van der Waals surface area contributed by atoms with Crippen LogP contribution in [-0.4, -0.2) is 31.0 Å². The summed E-state index contributed by atoms with van der Waals surface area (Å²) in [5.74, 6) is 0.190. The Hall–Kier alpha value is -3.87. The van der Waals surface area contributed by atoms with Crippen molar-refractivity contribution in [1.82, 2.24) is 10.6 Å². The van der Waals surface area contributed by atoms with E-state index < -0.39 is 5.41 Å². The highest BCUT2D eigenvalue weighted by molar-refractivity contribution is 6.30. The lowest BCUT2D eigenvalue weighted by molar-refractivity contribution is -0.157. The Morgan fingerprint density at radius 1 is 0.861 bits per heavy atom. The maximum atomic E-state index is 12.7. The average molecular weight is 489 g/mol. The lowest BCUT2D eigenvalue weighted by Crippen LogP contribution is -2.31. The largest absolute Gasteiger partial charge is 0.490 e. The van der Waals surface area contributed by atoms with Gasteiger partial charge in [-0.1, -0.05) is 51.1 Å². The fourth-order valence-corrected chi connectivity index (χ4v) is 4.68. The molecule has 0 radical (unpaired) electrons. The summed E-state index contributed by atoms with van der Waals surface area (Å²) in [4.78, 5) is 38.0. The Labute approximate surface area is 211 Å². The molecule has 188 valence electrons. The van der Waals surface area contributed by atoms with Crippen molar-refractivity contribution in [2.24, 2.45) is 11.3 Å². The van der Waals surface area contributed by atoms with Gasteiger partial charge in [0.25, 0.3) is 11.8 Å². The van der Waals surface area contributed by atoms with E-state index in [1.54, 1.807) is 24.3 Å². The summed E-state index contributed by atoms with van der Waals surface area (Å²) in [7, 11) is 0. The van der Waals surface area contributed by atoms with Gasteiger partial charge >= 0.3 is 5.97 Å². The molecule has 4 rings (SSSR count). The number of benzene rings is 2. The second-order valence-electron chi connectivity index (χ2n) is 9.80. The average Bonchev–Trinajstić information content (AvgIpc) is 3.40. The summed E-state index contributed by atoms with van der Waals surface area (Å²) in [6.45, 7) is 8.53. The van der Waals surface area contributed by atoms with E-state index >= 15 is 0 Å². The summed E-state index contributed by atoms with van der Waals surface area (Å²) < 4.78 is 11.2. The van der Waals surface area contributed by atoms with Gasteiger partial charge in [0.1, 0.15) is 19.0 Å². The number of amides is 2. The molecule has 0 fully saturated rings. The van der Waals surface area contributed by atoms with Crippen LogP contribution in [0.3, 0.4) is 0 Å². The van der Waals surface area contributed by atoms with Crippen molar-refractivity contribution in [3.63, 3.8) is 0 Å². The van der Waals surface area contributed by atoms with Gasteiger partial charge in [0.15, 0.2) is 0 Å². The van der Waals surface area contributed by atoms with E-state index in [0.29, 0.717) is 39.8 Å². The zero-order valence-electron chi connectivity index (χ0n) is 21.1. The highest BCUT2D eigenvalue weighted by Gasteiger charge is 2.40. The second kappa shape index (κ2) is 10.4. The third-order valence-corrected chi connectivity index (χ3v) is 6.60. The molecule has 36 heavy (non-hydrogen) atoms. The second-order valence-corrected chi connectivity index (χ2v) is 9.80. The SMILES string of the molecule is CCC(C)(CC(C)C)C(=O)OCCOc1ccc(C2=C3C(=O)NC(c4ccccc4)=C3C(=O)N2)cc1. The number of ether oxygens (including phenoxy) is 2. The van der Waals surface area contributed by atoms with E-state index in [2.05, 4.69) is 24.5 Å². The van der Waals surface area contributed by atoms with Crippen molar-refractivity contribution >= 4 is 29.2 Å². The zero-order chi connectivity index (χ0) is 25.9. The molecule has 7 nitrogen and oxygen atoms in total. The first kappa shape index (κ1) is 25.2. The minimum absolute atomic E-state index is 0.163. The van der Waals surface area contributed by atoms with Crippen LogP contribution in [0.25, 0.3) is 11.4 Å². The fourth-order valence-electron chi connectivity index (χ4n) is 4.68. The summed E-state index contributed by atoms with van der Waals surface area (Å²) >= 11 is 0. The molecule has 2 aliphatic heterocycles. The van der Waals surface area contributed by atoms with Crippen LogP contribution >= 0.6 is 0 Å². The predicted octanol–water partition coefficient (Wildman–Crippen LogP) is 4.45. The molecule has 2 amide bonds. The van der Waals surface area contributed by atoms with Crippen LogP contribution in [-0.2, 0) is 19.1 Å². The normalized spacial score (nSPS) is 16.6. The molecule has 0 saturated carbocycles.